The average molecular weight is 428 g/mol. The van der Waals surface area contributed by atoms with Gasteiger partial charge >= 0.3 is 12.0 Å². The Labute approximate surface area is 184 Å². The van der Waals surface area contributed by atoms with Crippen molar-refractivity contribution in [3.05, 3.63) is 41.1 Å². The van der Waals surface area contributed by atoms with Crippen LogP contribution in [0.3, 0.4) is 0 Å². The molecule has 31 heavy (non-hydrogen) atoms. The van der Waals surface area contributed by atoms with Crippen molar-refractivity contribution in [1.29, 1.82) is 0 Å². The molecule has 3 rings (SSSR count). The molecule has 0 saturated heterocycles. The third-order valence-corrected chi connectivity index (χ3v) is 6.00. The van der Waals surface area contributed by atoms with Crippen LogP contribution in [0.1, 0.15) is 70.9 Å². The Morgan fingerprint density at radius 1 is 1.19 bits per heavy atom. The Balaban J connectivity index is 1.88. The molecule has 7 heteroatoms. The van der Waals surface area contributed by atoms with Crippen LogP contribution in [0.4, 0.5) is 10.5 Å². The number of benzene rings is 1. The number of carbonyl (C=O) groups excluding carboxylic acids is 3. The minimum absolute atomic E-state index is 0.0380. The van der Waals surface area contributed by atoms with Gasteiger partial charge in [-0.2, -0.15) is 0 Å². The van der Waals surface area contributed by atoms with Gasteiger partial charge in [-0.1, -0.05) is 38.3 Å². The van der Waals surface area contributed by atoms with E-state index >= 15 is 0 Å². The Bertz CT molecular complexity index is 858. The van der Waals surface area contributed by atoms with Gasteiger partial charge in [-0.15, -0.1) is 0 Å². The summed E-state index contributed by atoms with van der Waals surface area (Å²) < 4.78 is 5.29. The molecule has 168 valence electrons. The second kappa shape index (κ2) is 10.5. The summed E-state index contributed by atoms with van der Waals surface area (Å²) in [6.45, 7) is 6.29. The van der Waals surface area contributed by atoms with Gasteiger partial charge in [0.05, 0.1) is 18.2 Å². The number of anilines is 1. The third-order valence-electron chi connectivity index (χ3n) is 6.00. The van der Waals surface area contributed by atoms with E-state index in [2.05, 4.69) is 10.6 Å². The number of urea groups is 1. The van der Waals surface area contributed by atoms with E-state index in [1.54, 1.807) is 18.7 Å². The van der Waals surface area contributed by atoms with Gasteiger partial charge in [-0.3, -0.25) is 9.69 Å². The van der Waals surface area contributed by atoms with E-state index in [4.69, 9.17) is 4.74 Å². The molecule has 2 N–H and O–H groups in total. The molecule has 3 amide bonds. The topological polar surface area (TPSA) is 87.7 Å². The van der Waals surface area contributed by atoms with Gasteiger partial charge in [-0.25, -0.2) is 9.59 Å². The number of rotatable bonds is 7. The summed E-state index contributed by atoms with van der Waals surface area (Å²) in [5, 5.41) is 5.96. The first kappa shape index (κ1) is 22.8. The summed E-state index contributed by atoms with van der Waals surface area (Å²) >= 11 is 0. The summed E-state index contributed by atoms with van der Waals surface area (Å²) in [6, 6.07) is 6.46. The number of esters is 1. The smallest absolute Gasteiger partial charge is 0.338 e. The molecule has 1 saturated carbocycles. The fraction of sp³-hybridized carbons (Fsp3) is 0.542. The van der Waals surface area contributed by atoms with Crippen molar-refractivity contribution >= 4 is 23.6 Å². The molecule has 0 bridgehead atoms. The Hall–Kier alpha value is -2.83. The van der Waals surface area contributed by atoms with E-state index in [0.717, 1.165) is 37.7 Å². The predicted molar refractivity (Wildman–Crippen MR) is 119 cm³/mol. The van der Waals surface area contributed by atoms with Gasteiger partial charge in [0.25, 0.3) is 0 Å². The number of amides is 3. The van der Waals surface area contributed by atoms with Crippen LogP contribution >= 0.6 is 0 Å². The first-order valence-electron chi connectivity index (χ1n) is 11.3. The molecule has 0 aromatic heterocycles. The summed E-state index contributed by atoms with van der Waals surface area (Å²) in [5.41, 5.74) is 2.42. The van der Waals surface area contributed by atoms with Crippen molar-refractivity contribution in [2.24, 2.45) is 5.92 Å². The third kappa shape index (κ3) is 5.27. The van der Waals surface area contributed by atoms with E-state index < -0.39 is 12.0 Å². The molecule has 1 aromatic carbocycles. The quantitative estimate of drug-likeness (QED) is 0.627. The first-order valence-corrected chi connectivity index (χ1v) is 11.3. The van der Waals surface area contributed by atoms with E-state index in [1.165, 1.54) is 6.42 Å². The number of hydrogen-bond donors (Lipinski definition) is 2. The maximum Gasteiger partial charge on any atom is 0.338 e. The van der Waals surface area contributed by atoms with Crippen LogP contribution in [0.5, 0.6) is 0 Å². The molecule has 1 aliphatic carbocycles. The fourth-order valence-electron chi connectivity index (χ4n) is 4.40. The molecular weight excluding hydrogens is 394 g/mol. The maximum absolute atomic E-state index is 12.8. The van der Waals surface area contributed by atoms with Crippen LogP contribution in [0.25, 0.3) is 0 Å². The molecule has 1 aliphatic heterocycles. The van der Waals surface area contributed by atoms with Crippen LogP contribution in [0.2, 0.25) is 0 Å². The van der Waals surface area contributed by atoms with Gasteiger partial charge in [0.15, 0.2) is 0 Å². The fourth-order valence-corrected chi connectivity index (χ4v) is 4.40. The summed E-state index contributed by atoms with van der Waals surface area (Å²) in [5.74, 6) is -0.356. The van der Waals surface area contributed by atoms with E-state index in [1.807, 2.05) is 31.2 Å². The zero-order valence-electron chi connectivity index (χ0n) is 18.7. The van der Waals surface area contributed by atoms with Crippen molar-refractivity contribution < 1.29 is 19.1 Å². The van der Waals surface area contributed by atoms with Crippen molar-refractivity contribution in [1.82, 2.24) is 10.2 Å². The number of allylic oxidation sites excluding steroid dienone is 1. The molecule has 1 atom stereocenters. The lowest BCUT2D eigenvalue weighted by Gasteiger charge is -2.35. The molecule has 2 aliphatic rings. The Morgan fingerprint density at radius 3 is 2.61 bits per heavy atom. The lowest BCUT2D eigenvalue weighted by molar-refractivity contribution is -0.139. The maximum atomic E-state index is 12.8. The van der Waals surface area contributed by atoms with Crippen LogP contribution < -0.4 is 10.6 Å². The molecular formula is C24H33N3O4. The number of nitrogens with one attached hydrogen (secondary N) is 2. The summed E-state index contributed by atoms with van der Waals surface area (Å²) in [4.78, 5) is 39.8. The second-order valence-electron chi connectivity index (χ2n) is 8.20. The number of nitrogens with zero attached hydrogens (tertiary/aromatic N) is 1. The highest BCUT2D eigenvalue weighted by Crippen LogP contribution is 2.33. The number of ether oxygens (including phenoxy) is 1. The van der Waals surface area contributed by atoms with Crippen molar-refractivity contribution in [2.75, 3.05) is 18.5 Å². The minimum Gasteiger partial charge on any atom is -0.463 e. The van der Waals surface area contributed by atoms with E-state index in [9.17, 15) is 14.4 Å². The highest BCUT2D eigenvalue weighted by atomic mass is 16.5. The van der Waals surface area contributed by atoms with Crippen molar-refractivity contribution in [3.8, 4) is 0 Å². The summed E-state index contributed by atoms with van der Waals surface area (Å²) in [6.07, 6.45) is 5.99. The van der Waals surface area contributed by atoms with Crippen LogP contribution in [0, 0.1) is 5.92 Å². The van der Waals surface area contributed by atoms with Crippen LogP contribution in [-0.2, 0) is 14.3 Å². The van der Waals surface area contributed by atoms with Gasteiger partial charge in [-0.05, 0) is 50.8 Å². The highest BCUT2D eigenvalue weighted by molar-refractivity contribution is 5.95. The largest absolute Gasteiger partial charge is 0.463 e. The Kier molecular flexibility index (Phi) is 7.71. The zero-order chi connectivity index (χ0) is 22.4. The normalized spacial score (nSPS) is 19.8. The average Bonchev–Trinajstić information content (AvgIpc) is 2.77. The van der Waals surface area contributed by atoms with Crippen molar-refractivity contribution in [2.45, 2.75) is 65.3 Å². The first-order chi connectivity index (χ1) is 15.0. The zero-order valence-corrected chi connectivity index (χ0v) is 18.7. The van der Waals surface area contributed by atoms with Gasteiger partial charge < -0.3 is 15.4 Å². The predicted octanol–water partition coefficient (Wildman–Crippen LogP) is 4.52. The highest BCUT2D eigenvalue weighted by Gasteiger charge is 2.36. The number of carbonyl (C=O) groups is 3. The van der Waals surface area contributed by atoms with Gasteiger partial charge in [0.2, 0.25) is 5.91 Å². The molecule has 0 spiro atoms. The van der Waals surface area contributed by atoms with E-state index in [-0.39, 0.29) is 24.5 Å². The van der Waals surface area contributed by atoms with Gasteiger partial charge in [0, 0.05) is 23.8 Å². The van der Waals surface area contributed by atoms with E-state index in [0.29, 0.717) is 23.5 Å². The summed E-state index contributed by atoms with van der Waals surface area (Å²) in [7, 11) is 0. The monoisotopic (exact) mass is 427 g/mol. The van der Waals surface area contributed by atoms with Crippen molar-refractivity contribution in [3.63, 3.8) is 0 Å². The molecule has 1 fully saturated rings. The molecule has 1 heterocycles. The van der Waals surface area contributed by atoms with Gasteiger partial charge in [0.1, 0.15) is 0 Å². The molecule has 1 aromatic rings. The Morgan fingerprint density at radius 2 is 1.94 bits per heavy atom. The molecule has 1 unspecified atom stereocenters. The SMILES string of the molecule is CCCN1C(=O)NC(c2cccc(NC(=O)C3CCCCC3)c2)C(C(=O)OCC)=C1C. The standard InChI is InChI=1S/C24H33N3O4/c1-4-14-27-16(3)20(23(29)31-5-2)21(26-24(27)30)18-12-9-13-19(15-18)25-22(28)17-10-7-6-8-11-17/h9,12-13,15,17,21H,4-8,10-11,14H2,1-3H3,(H,25,28)(H,26,30). The lowest BCUT2D eigenvalue weighted by atomic mass is 9.88. The second-order valence-corrected chi connectivity index (χ2v) is 8.20. The van der Waals surface area contributed by atoms with Crippen LogP contribution in [-0.4, -0.2) is 36.0 Å². The molecule has 7 nitrogen and oxygen atoms in total. The minimum atomic E-state index is -0.633. The lowest BCUT2D eigenvalue weighted by Crippen LogP contribution is -2.48. The molecule has 0 radical (unpaired) electrons. The van der Waals surface area contributed by atoms with Crippen LogP contribution in [0.15, 0.2) is 35.5 Å². The number of hydrogen-bond acceptors (Lipinski definition) is 4.